The average molecular weight is 485 g/mol. The molecule has 0 radical (unpaired) electrons. The number of ether oxygens (including phenoxy) is 1. The van der Waals surface area contributed by atoms with Crippen LogP contribution >= 0.6 is 0 Å². The Kier molecular flexibility index (Phi) is 5.94. The maximum absolute atomic E-state index is 11.8. The van der Waals surface area contributed by atoms with Crippen LogP contribution in [0.2, 0.25) is 0 Å². The Morgan fingerprint density at radius 3 is 2.11 bits per heavy atom. The SMILES string of the molecule is CC(=O)O[C@H]1CC[C@]23C[C@@]24CC[C@]2(C)[C@@H]([C@H](C)CC[C@@H](C)C(C)=O)CC[C@@]2(C)[C@@H]4CC[C@H]3C1(C)C. The first kappa shape index (κ1) is 25.8. The Labute approximate surface area is 214 Å². The lowest BCUT2D eigenvalue weighted by molar-refractivity contribution is -0.181. The van der Waals surface area contributed by atoms with Crippen LogP contribution in [0.1, 0.15) is 126 Å². The first-order chi connectivity index (χ1) is 16.3. The second-order valence-corrected chi connectivity index (χ2v) is 15.2. The van der Waals surface area contributed by atoms with E-state index in [0.29, 0.717) is 39.3 Å². The first-order valence-electron chi connectivity index (χ1n) is 14.9. The lowest BCUT2D eigenvalue weighted by Gasteiger charge is -2.63. The third kappa shape index (κ3) is 3.34. The molecule has 10 atom stereocenters. The highest BCUT2D eigenvalue weighted by atomic mass is 16.5. The van der Waals surface area contributed by atoms with Crippen LogP contribution in [-0.4, -0.2) is 17.9 Å². The molecule has 0 aromatic heterocycles. The van der Waals surface area contributed by atoms with Gasteiger partial charge in [0.05, 0.1) is 0 Å². The van der Waals surface area contributed by atoms with E-state index in [0.717, 1.165) is 24.7 Å². The molecule has 0 aliphatic heterocycles. The van der Waals surface area contributed by atoms with Gasteiger partial charge in [-0.3, -0.25) is 9.59 Å². The van der Waals surface area contributed by atoms with Gasteiger partial charge in [0.25, 0.3) is 0 Å². The second kappa shape index (κ2) is 8.07. The molecule has 0 saturated heterocycles. The molecule has 0 heterocycles. The Morgan fingerprint density at radius 2 is 1.46 bits per heavy atom. The van der Waals surface area contributed by atoms with Gasteiger partial charge in [0.1, 0.15) is 11.9 Å². The second-order valence-electron chi connectivity index (χ2n) is 15.2. The fraction of sp³-hybridized carbons (Fsp3) is 0.938. The maximum Gasteiger partial charge on any atom is 0.302 e. The number of rotatable bonds is 6. The molecule has 198 valence electrons. The van der Waals surface area contributed by atoms with E-state index in [2.05, 4.69) is 41.5 Å². The van der Waals surface area contributed by atoms with Crippen molar-refractivity contribution < 1.29 is 14.3 Å². The van der Waals surface area contributed by atoms with E-state index in [1.165, 1.54) is 57.8 Å². The van der Waals surface area contributed by atoms with Gasteiger partial charge in [-0.1, -0.05) is 41.5 Å². The molecule has 35 heavy (non-hydrogen) atoms. The van der Waals surface area contributed by atoms with Gasteiger partial charge in [0, 0.05) is 18.3 Å². The molecule has 5 saturated carbocycles. The Morgan fingerprint density at radius 1 is 0.800 bits per heavy atom. The highest BCUT2D eigenvalue weighted by molar-refractivity contribution is 5.77. The topological polar surface area (TPSA) is 43.4 Å². The van der Waals surface area contributed by atoms with Crippen molar-refractivity contribution in [1.82, 2.24) is 0 Å². The van der Waals surface area contributed by atoms with Gasteiger partial charge in [-0.25, -0.2) is 0 Å². The zero-order chi connectivity index (χ0) is 25.6. The summed E-state index contributed by atoms with van der Waals surface area (Å²) in [5.41, 5.74) is 2.01. The molecule has 5 fully saturated rings. The largest absolute Gasteiger partial charge is 0.462 e. The number of carbonyl (C=O) groups excluding carboxylic acids is 2. The first-order valence-corrected chi connectivity index (χ1v) is 14.9. The summed E-state index contributed by atoms with van der Waals surface area (Å²) in [5, 5.41) is 0. The van der Waals surface area contributed by atoms with E-state index in [9.17, 15) is 9.59 Å². The Bertz CT molecular complexity index is 891. The van der Waals surface area contributed by atoms with E-state index >= 15 is 0 Å². The summed E-state index contributed by atoms with van der Waals surface area (Å²) in [7, 11) is 0. The minimum Gasteiger partial charge on any atom is -0.462 e. The number of esters is 1. The van der Waals surface area contributed by atoms with Gasteiger partial charge in [0.2, 0.25) is 0 Å². The molecule has 5 aliphatic carbocycles. The molecule has 5 aliphatic rings. The van der Waals surface area contributed by atoms with Gasteiger partial charge in [-0.15, -0.1) is 0 Å². The Balaban J connectivity index is 1.37. The van der Waals surface area contributed by atoms with Crippen LogP contribution in [0.25, 0.3) is 0 Å². The van der Waals surface area contributed by atoms with Crippen LogP contribution < -0.4 is 0 Å². The quantitative estimate of drug-likeness (QED) is 0.359. The summed E-state index contributed by atoms with van der Waals surface area (Å²) in [6.45, 7) is 18.1. The summed E-state index contributed by atoms with van der Waals surface area (Å²) in [6, 6.07) is 0. The van der Waals surface area contributed by atoms with Gasteiger partial charge in [-0.05, 0) is 123 Å². The van der Waals surface area contributed by atoms with Crippen molar-refractivity contribution in [1.29, 1.82) is 0 Å². The molecule has 5 rings (SSSR count). The summed E-state index contributed by atoms with van der Waals surface area (Å²) < 4.78 is 5.89. The smallest absolute Gasteiger partial charge is 0.302 e. The molecular formula is C32H52O3. The van der Waals surface area contributed by atoms with Crippen molar-refractivity contribution in [2.75, 3.05) is 0 Å². The molecule has 0 N–H and O–H groups in total. The fourth-order valence-electron chi connectivity index (χ4n) is 11.6. The molecule has 3 heteroatoms. The molecular weight excluding hydrogens is 432 g/mol. The van der Waals surface area contributed by atoms with Gasteiger partial charge in [0.15, 0.2) is 0 Å². The van der Waals surface area contributed by atoms with E-state index < -0.39 is 0 Å². The number of fused-ring (bicyclic) bond motifs is 2. The van der Waals surface area contributed by atoms with Crippen molar-refractivity contribution in [2.45, 2.75) is 132 Å². The van der Waals surface area contributed by atoms with Gasteiger partial charge in [-0.2, -0.15) is 0 Å². The zero-order valence-corrected chi connectivity index (χ0v) is 24.0. The number of hydrogen-bond donors (Lipinski definition) is 0. The maximum atomic E-state index is 11.8. The molecule has 0 amide bonds. The highest BCUT2D eigenvalue weighted by Gasteiger charge is 2.82. The molecule has 0 bridgehead atoms. The lowest BCUT2D eigenvalue weighted by Crippen LogP contribution is -2.58. The number of Topliss-reactive ketones (excluding diaryl/α,β-unsaturated/α-hetero) is 1. The summed E-state index contributed by atoms with van der Waals surface area (Å²) in [4.78, 5) is 23.7. The molecule has 2 spiro atoms. The molecule has 0 aromatic carbocycles. The summed E-state index contributed by atoms with van der Waals surface area (Å²) >= 11 is 0. The summed E-state index contributed by atoms with van der Waals surface area (Å²) in [5.74, 6) is 3.51. The van der Waals surface area contributed by atoms with Crippen molar-refractivity contribution in [3.63, 3.8) is 0 Å². The monoisotopic (exact) mass is 484 g/mol. The van der Waals surface area contributed by atoms with E-state index in [1.54, 1.807) is 13.8 Å². The predicted octanol–water partition coefficient (Wildman–Crippen LogP) is 8.00. The highest BCUT2D eigenvalue weighted by Crippen LogP contribution is 2.89. The van der Waals surface area contributed by atoms with Crippen LogP contribution in [0, 0.1) is 56.7 Å². The minimum absolute atomic E-state index is 0.0835. The Hall–Kier alpha value is -0.860. The van der Waals surface area contributed by atoms with Crippen molar-refractivity contribution >= 4 is 11.8 Å². The predicted molar refractivity (Wildman–Crippen MR) is 141 cm³/mol. The number of carbonyl (C=O) groups is 2. The van der Waals surface area contributed by atoms with Crippen LogP contribution in [0.3, 0.4) is 0 Å². The summed E-state index contributed by atoms with van der Waals surface area (Å²) in [6.07, 6.45) is 14.4. The molecule has 3 nitrogen and oxygen atoms in total. The van der Waals surface area contributed by atoms with E-state index in [4.69, 9.17) is 4.74 Å². The van der Waals surface area contributed by atoms with E-state index in [1.807, 2.05) is 0 Å². The average Bonchev–Trinajstić information content (AvgIpc) is 3.36. The lowest BCUT2D eigenvalue weighted by atomic mass is 9.41. The molecule has 0 unspecified atom stereocenters. The normalized spacial score (nSPS) is 49.0. The number of hydrogen-bond acceptors (Lipinski definition) is 3. The molecule has 0 aromatic rings. The fourth-order valence-corrected chi connectivity index (χ4v) is 11.6. The van der Waals surface area contributed by atoms with Gasteiger partial charge >= 0.3 is 5.97 Å². The van der Waals surface area contributed by atoms with Gasteiger partial charge < -0.3 is 4.74 Å². The third-order valence-corrected chi connectivity index (χ3v) is 13.9. The van der Waals surface area contributed by atoms with Crippen molar-refractivity contribution in [3.05, 3.63) is 0 Å². The van der Waals surface area contributed by atoms with Crippen LogP contribution in [-0.2, 0) is 14.3 Å². The third-order valence-electron chi connectivity index (χ3n) is 13.9. The van der Waals surface area contributed by atoms with E-state index in [-0.39, 0.29) is 23.4 Å². The standard InChI is InChI=1S/C32H52O3/c1-20(22(3)33)9-10-21(2)24-13-15-30(8)26-12-11-25-28(5,6)27(35-23(4)34)14-16-31(25)19-32(26,31)18-17-29(24,30)7/h20-21,24-27H,9-19H2,1-8H3/t20-,21-,24-,25+,26+,27+,29-,30+,31-,32-/m1/s1. The minimum atomic E-state index is -0.108. The van der Waals surface area contributed by atoms with Crippen molar-refractivity contribution in [3.8, 4) is 0 Å². The van der Waals surface area contributed by atoms with Crippen LogP contribution in [0.5, 0.6) is 0 Å². The van der Waals surface area contributed by atoms with Crippen LogP contribution in [0.15, 0.2) is 0 Å². The van der Waals surface area contributed by atoms with Crippen LogP contribution in [0.4, 0.5) is 0 Å². The zero-order valence-electron chi connectivity index (χ0n) is 24.0. The number of ketones is 1. The van der Waals surface area contributed by atoms with Crippen molar-refractivity contribution in [2.24, 2.45) is 56.7 Å².